The van der Waals surface area contributed by atoms with Crippen LogP contribution in [-0.2, 0) is 11.2 Å². The van der Waals surface area contributed by atoms with E-state index in [9.17, 15) is 9.18 Å². The smallest absolute Gasteiger partial charge is 0.303 e. The fourth-order valence-corrected chi connectivity index (χ4v) is 2.83. The molecule has 5 heteroatoms. The molecule has 0 atom stereocenters. The Hall–Kier alpha value is -1.52. The molecule has 2 rings (SSSR count). The third kappa shape index (κ3) is 3.99. The summed E-state index contributed by atoms with van der Waals surface area (Å²) in [7, 11) is 0. The number of hydrogen-bond acceptors (Lipinski definition) is 2. The molecule has 0 aromatic heterocycles. The van der Waals surface area contributed by atoms with Crippen LogP contribution in [0.1, 0.15) is 12.0 Å². The van der Waals surface area contributed by atoms with E-state index in [0.717, 1.165) is 4.90 Å². The van der Waals surface area contributed by atoms with Gasteiger partial charge in [-0.25, -0.2) is 4.39 Å². The molecule has 0 fully saturated rings. The zero-order valence-corrected chi connectivity index (χ0v) is 12.0. The lowest BCUT2D eigenvalue weighted by Crippen LogP contribution is -1.99. The minimum absolute atomic E-state index is 0.0162. The van der Waals surface area contributed by atoms with Crippen molar-refractivity contribution in [3.63, 3.8) is 0 Å². The fraction of sp³-hybridized carbons (Fsp3) is 0.133. The molecule has 0 saturated heterocycles. The van der Waals surface area contributed by atoms with Crippen LogP contribution in [0, 0.1) is 5.82 Å². The standard InChI is InChI=1S/C15H12ClFO2S/c16-11-5-7-12(8-6-11)20-15-10(4-9-14(18)19)2-1-3-13(15)17/h1-3,5-8H,4,9H2,(H,18,19). The van der Waals surface area contributed by atoms with E-state index in [-0.39, 0.29) is 12.2 Å². The van der Waals surface area contributed by atoms with Gasteiger partial charge in [0, 0.05) is 16.3 Å². The van der Waals surface area contributed by atoms with Crippen LogP contribution < -0.4 is 0 Å². The monoisotopic (exact) mass is 310 g/mol. The molecule has 0 aliphatic heterocycles. The van der Waals surface area contributed by atoms with Gasteiger partial charge < -0.3 is 5.11 Å². The summed E-state index contributed by atoms with van der Waals surface area (Å²) in [5.41, 5.74) is 0.701. The topological polar surface area (TPSA) is 37.3 Å². The highest BCUT2D eigenvalue weighted by Crippen LogP contribution is 2.33. The molecule has 2 aromatic carbocycles. The molecule has 2 aromatic rings. The molecule has 0 saturated carbocycles. The summed E-state index contributed by atoms with van der Waals surface area (Å²) in [4.78, 5) is 12.0. The van der Waals surface area contributed by atoms with Gasteiger partial charge in [-0.2, -0.15) is 0 Å². The van der Waals surface area contributed by atoms with Gasteiger partial charge in [0.1, 0.15) is 5.82 Å². The van der Waals surface area contributed by atoms with Crippen molar-refractivity contribution in [3.05, 3.63) is 58.9 Å². The van der Waals surface area contributed by atoms with Crippen molar-refractivity contribution in [1.82, 2.24) is 0 Å². The Balaban J connectivity index is 2.25. The predicted molar refractivity (Wildman–Crippen MR) is 77.9 cm³/mol. The molecule has 0 spiro atoms. The lowest BCUT2D eigenvalue weighted by atomic mass is 10.1. The highest BCUT2D eigenvalue weighted by Gasteiger charge is 2.11. The van der Waals surface area contributed by atoms with Crippen molar-refractivity contribution in [1.29, 1.82) is 0 Å². The van der Waals surface area contributed by atoms with Crippen molar-refractivity contribution in [2.45, 2.75) is 22.6 Å². The van der Waals surface area contributed by atoms with E-state index in [1.54, 1.807) is 36.4 Å². The minimum atomic E-state index is -0.892. The van der Waals surface area contributed by atoms with Crippen LogP contribution in [0.15, 0.2) is 52.3 Å². The van der Waals surface area contributed by atoms with Gasteiger partial charge in [-0.1, -0.05) is 35.5 Å². The second kappa shape index (κ2) is 6.77. The molecule has 0 heterocycles. The molecule has 0 unspecified atom stereocenters. The first kappa shape index (κ1) is 14.9. The van der Waals surface area contributed by atoms with Crippen LogP contribution in [0.3, 0.4) is 0 Å². The van der Waals surface area contributed by atoms with E-state index < -0.39 is 5.97 Å². The second-order valence-electron chi connectivity index (χ2n) is 4.18. The predicted octanol–water partition coefficient (Wildman–Crippen LogP) is 4.65. The molecular formula is C15H12ClFO2S. The third-order valence-corrected chi connectivity index (χ3v) is 4.11. The number of carboxylic acid groups (broad SMARTS) is 1. The highest BCUT2D eigenvalue weighted by molar-refractivity contribution is 7.99. The first-order chi connectivity index (χ1) is 9.56. The Morgan fingerprint density at radius 1 is 1.20 bits per heavy atom. The molecule has 20 heavy (non-hydrogen) atoms. The largest absolute Gasteiger partial charge is 0.481 e. The first-order valence-corrected chi connectivity index (χ1v) is 7.18. The van der Waals surface area contributed by atoms with Crippen LogP contribution in [0.2, 0.25) is 5.02 Å². The Kier molecular flexibility index (Phi) is 5.04. The SMILES string of the molecule is O=C(O)CCc1cccc(F)c1Sc1ccc(Cl)cc1. The summed E-state index contributed by atoms with van der Waals surface area (Å²) in [6.07, 6.45) is 0.292. The molecule has 0 bridgehead atoms. The Morgan fingerprint density at radius 2 is 1.90 bits per heavy atom. The molecular weight excluding hydrogens is 299 g/mol. The minimum Gasteiger partial charge on any atom is -0.481 e. The van der Waals surface area contributed by atoms with E-state index in [2.05, 4.69) is 0 Å². The average molecular weight is 311 g/mol. The summed E-state index contributed by atoms with van der Waals surface area (Å²) in [6, 6.07) is 11.8. The third-order valence-electron chi connectivity index (χ3n) is 2.69. The van der Waals surface area contributed by atoms with Gasteiger partial charge in [0.15, 0.2) is 0 Å². The number of hydrogen-bond donors (Lipinski definition) is 1. The quantitative estimate of drug-likeness (QED) is 0.873. The summed E-state index contributed by atoms with van der Waals surface area (Å²) in [6.45, 7) is 0. The first-order valence-electron chi connectivity index (χ1n) is 5.99. The van der Waals surface area contributed by atoms with Gasteiger partial charge in [0.2, 0.25) is 0 Å². The van der Waals surface area contributed by atoms with Crippen molar-refractivity contribution >= 4 is 29.3 Å². The van der Waals surface area contributed by atoms with E-state index in [1.165, 1.54) is 17.8 Å². The van der Waals surface area contributed by atoms with Crippen molar-refractivity contribution < 1.29 is 14.3 Å². The lowest BCUT2D eigenvalue weighted by molar-refractivity contribution is -0.136. The van der Waals surface area contributed by atoms with Crippen LogP contribution in [0.4, 0.5) is 4.39 Å². The zero-order valence-electron chi connectivity index (χ0n) is 10.5. The lowest BCUT2D eigenvalue weighted by Gasteiger charge is -2.09. The molecule has 0 aliphatic rings. The van der Waals surface area contributed by atoms with Crippen LogP contribution >= 0.6 is 23.4 Å². The number of carbonyl (C=O) groups is 1. The maximum atomic E-state index is 13.9. The van der Waals surface area contributed by atoms with Gasteiger partial charge in [-0.15, -0.1) is 0 Å². The van der Waals surface area contributed by atoms with Crippen molar-refractivity contribution in [3.8, 4) is 0 Å². The zero-order chi connectivity index (χ0) is 14.5. The van der Waals surface area contributed by atoms with Crippen molar-refractivity contribution in [2.75, 3.05) is 0 Å². The number of carboxylic acids is 1. The normalized spacial score (nSPS) is 10.5. The van der Waals surface area contributed by atoms with Gasteiger partial charge in [0.25, 0.3) is 0 Å². The highest BCUT2D eigenvalue weighted by atomic mass is 35.5. The molecule has 0 amide bonds. The summed E-state index contributed by atoms with van der Waals surface area (Å²) in [5, 5.41) is 9.36. The Bertz CT molecular complexity index is 614. The van der Waals surface area contributed by atoms with Gasteiger partial charge in [-0.05, 0) is 42.3 Å². The van der Waals surface area contributed by atoms with Crippen molar-refractivity contribution in [2.24, 2.45) is 0 Å². The van der Waals surface area contributed by atoms with E-state index in [0.29, 0.717) is 21.9 Å². The Morgan fingerprint density at radius 3 is 2.55 bits per heavy atom. The summed E-state index contributed by atoms with van der Waals surface area (Å²) in [5.74, 6) is -1.23. The van der Waals surface area contributed by atoms with Gasteiger partial charge >= 0.3 is 5.97 Å². The summed E-state index contributed by atoms with van der Waals surface area (Å²) < 4.78 is 13.9. The van der Waals surface area contributed by atoms with Crippen LogP contribution in [-0.4, -0.2) is 11.1 Å². The average Bonchev–Trinajstić information content (AvgIpc) is 2.41. The number of aryl methyl sites for hydroxylation is 1. The number of benzene rings is 2. The number of aliphatic carboxylic acids is 1. The van der Waals surface area contributed by atoms with Gasteiger partial charge in [-0.3, -0.25) is 4.79 Å². The second-order valence-corrected chi connectivity index (χ2v) is 5.70. The van der Waals surface area contributed by atoms with E-state index >= 15 is 0 Å². The number of rotatable bonds is 5. The molecule has 104 valence electrons. The van der Waals surface area contributed by atoms with Crippen LogP contribution in [0.5, 0.6) is 0 Å². The number of halogens is 2. The maximum Gasteiger partial charge on any atom is 0.303 e. The van der Waals surface area contributed by atoms with Crippen LogP contribution in [0.25, 0.3) is 0 Å². The van der Waals surface area contributed by atoms with Gasteiger partial charge in [0.05, 0.1) is 4.90 Å². The molecule has 2 nitrogen and oxygen atoms in total. The van der Waals surface area contributed by atoms with E-state index in [1.807, 2.05) is 0 Å². The molecule has 0 aliphatic carbocycles. The fourth-order valence-electron chi connectivity index (χ4n) is 1.73. The maximum absolute atomic E-state index is 13.9. The summed E-state index contributed by atoms with van der Waals surface area (Å²) >= 11 is 7.09. The molecule has 0 radical (unpaired) electrons. The molecule has 1 N–H and O–H groups in total. The van der Waals surface area contributed by atoms with E-state index in [4.69, 9.17) is 16.7 Å². The Labute approximate surface area is 125 Å².